The van der Waals surface area contributed by atoms with E-state index in [4.69, 9.17) is 5.73 Å². The molecule has 2 nitrogen and oxygen atoms in total. The van der Waals surface area contributed by atoms with Gasteiger partial charge in [0.25, 0.3) is 6.43 Å². The van der Waals surface area contributed by atoms with Crippen molar-refractivity contribution in [3.63, 3.8) is 0 Å². The van der Waals surface area contributed by atoms with Crippen LogP contribution in [-0.4, -0.2) is 6.54 Å². The molecule has 0 amide bonds. The van der Waals surface area contributed by atoms with E-state index in [1.807, 2.05) is 18.2 Å². The summed E-state index contributed by atoms with van der Waals surface area (Å²) in [6.07, 6.45) is -0.709. The molecule has 0 saturated heterocycles. The van der Waals surface area contributed by atoms with Gasteiger partial charge in [-0.25, -0.2) is 8.78 Å². The van der Waals surface area contributed by atoms with Crippen molar-refractivity contribution in [3.05, 3.63) is 59.7 Å². The molecule has 0 aromatic heterocycles. The third kappa shape index (κ3) is 3.95. The highest BCUT2D eigenvalue weighted by Gasteiger charge is 2.12. The monoisotopic (exact) mass is 276 g/mol. The molecule has 0 fully saturated rings. The lowest BCUT2D eigenvalue weighted by atomic mass is 10.1. The van der Waals surface area contributed by atoms with Gasteiger partial charge in [-0.2, -0.15) is 0 Å². The molecule has 0 unspecified atom stereocenters. The predicted octanol–water partition coefficient (Wildman–Crippen LogP) is 4.25. The molecular formula is C16H18F2N2. The maximum atomic E-state index is 12.9. The summed E-state index contributed by atoms with van der Waals surface area (Å²) in [5.41, 5.74) is 7.57. The van der Waals surface area contributed by atoms with Crippen LogP contribution in [0, 0.1) is 0 Å². The Morgan fingerprint density at radius 3 is 2.50 bits per heavy atom. The first-order valence-corrected chi connectivity index (χ1v) is 6.62. The first-order chi connectivity index (χ1) is 9.66. The van der Waals surface area contributed by atoms with Gasteiger partial charge in [0.2, 0.25) is 0 Å². The van der Waals surface area contributed by atoms with Gasteiger partial charge < -0.3 is 11.1 Å². The summed E-state index contributed by atoms with van der Waals surface area (Å²) in [7, 11) is 0. The molecule has 0 aliphatic heterocycles. The van der Waals surface area contributed by atoms with Crippen molar-refractivity contribution in [1.29, 1.82) is 0 Å². The lowest BCUT2D eigenvalue weighted by molar-refractivity contribution is 0.152. The Morgan fingerprint density at radius 1 is 1.05 bits per heavy atom. The van der Waals surface area contributed by atoms with Gasteiger partial charge in [-0.05, 0) is 36.6 Å². The fourth-order valence-corrected chi connectivity index (χ4v) is 2.08. The smallest absolute Gasteiger partial charge is 0.265 e. The van der Waals surface area contributed by atoms with Crippen molar-refractivity contribution in [2.45, 2.75) is 19.3 Å². The van der Waals surface area contributed by atoms with Gasteiger partial charge in [0, 0.05) is 23.5 Å². The molecule has 106 valence electrons. The summed E-state index contributed by atoms with van der Waals surface area (Å²) < 4.78 is 25.8. The molecule has 0 heterocycles. The number of nitrogens with one attached hydrogen (secondary N) is 1. The molecule has 3 N–H and O–H groups in total. The van der Waals surface area contributed by atoms with E-state index in [0.29, 0.717) is 17.9 Å². The molecule has 20 heavy (non-hydrogen) atoms. The molecule has 0 bridgehead atoms. The van der Waals surface area contributed by atoms with E-state index in [-0.39, 0.29) is 5.56 Å². The van der Waals surface area contributed by atoms with Crippen LogP contribution in [0.1, 0.15) is 24.0 Å². The normalized spacial score (nSPS) is 10.8. The quantitative estimate of drug-likeness (QED) is 0.611. The zero-order valence-corrected chi connectivity index (χ0v) is 11.2. The second kappa shape index (κ2) is 6.89. The third-order valence-electron chi connectivity index (χ3n) is 3.11. The van der Waals surface area contributed by atoms with Crippen molar-refractivity contribution >= 4 is 11.4 Å². The average molecular weight is 276 g/mol. The molecule has 4 heteroatoms. The lowest BCUT2D eigenvalue weighted by Crippen LogP contribution is -2.06. The number of nitrogens with two attached hydrogens (primary N) is 1. The maximum Gasteiger partial charge on any atom is 0.265 e. The number of aryl methyl sites for hydroxylation is 1. The van der Waals surface area contributed by atoms with Gasteiger partial charge in [-0.15, -0.1) is 0 Å². The fraction of sp³-hybridized carbons (Fsp3) is 0.250. The summed E-state index contributed by atoms with van der Waals surface area (Å²) in [6.45, 7) is 0.651. The lowest BCUT2D eigenvalue weighted by Gasteiger charge is -2.12. The minimum atomic E-state index is -2.52. The standard InChI is InChI=1S/C16H18F2N2/c17-16(18)14-11-13(19)8-9-15(14)20-10-4-7-12-5-2-1-3-6-12/h1-3,5-6,8-9,11,16,20H,4,7,10,19H2. The average Bonchev–Trinajstić information content (AvgIpc) is 2.45. The van der Waals surface area contributed by atoms with Gasteiger partial charge in [0.15, 0.2) is 0 Å². The highest BCUT2D eigenvalue weighted by Crippen LogP contribution is 2.28. The number of nitrogen functional groups attached to an aromatic ring is 1. The molecule has 0 spiro atoms. The maximum absolute atomic E-state index is 12.9. The molecule has 2 aromatic rings. The number of hydrogen-bond acceptors (Lipinski definition) is 2. The molecule has 2 rings (SSSR count). The molecule has 0 aliphatic carbocycles. The Kier molecular flexibility index (Phi) is 4.93. The minimum Gasteiger partial charge on any atom is -0.399 e. The van der Waals surface area contributed by atoms with E-state index in [2.05, 4.69) is 17.4 Å². The van der Waals surface area contributed by atoms with Crippen LogP contribution in [-0.2, 0) is 6.42 Å². The number of benzene rings is 2. The van der Waals surface area contributed by atoms with Crippen LogP contribution in [0.15, 0.2) is 48.5 Å². The largest absolute Gasteiger partial charge is 0.399 e. The number of halogens is 2. The van der Waals surface area contributed by atoms with Gasteiger partial charge in [0.05, 0.1) is 0 Å². The van der Waals surface area contributed by atoms with E-state index in [9.17, 15) is 8.78 Å². The van der Waals surface area contributed by atoms with Crippen molar-refractivity contribution in [2.24, 2.45) is 0 Å². The number of rotatable bonds is 6. The van der Waals surface area contributed by atoms with Gasteiger partial charge in [0.1, 0.15) is 0 Å². The van der Waals surface area contributed by atoms with Crippen molar-refractivity contribution in [3.8, 4) is 0 Å². The first-order valence-electron chi connectivity index (χ1n) is 6.62. The Balaban J connectivity index is 1.88. The fourth-order valence-electron chi connectivity index (χ4n) is 2.08. The van der Waals surface area contributed by atoms with E-state index in [1.54, 1.807) is 12.1 Å². The van der Waals surface area contributed by atoms with Crippen molar-refractivity contribution < 1.29 is 8.78 Å². The Hall–Kier alpha value is -2.10. The Labute approximate surface area is 117 Å². The van der Waals surface area contributed by atoms with E-state index in [0.717, 1.165) is 12.8 Å². The van der Waals surface area contributed by atoms with Crippen LogP contribution >= 0.6 is 0 Å². The summed E-state index contributed by atoms with van der Waals surface area (Å²) in [5.74, 6) is 0. The first kappa shape index (κ1) is 14.3. The van der Waals surface area contributed by atoms with E-state index < -0.39 is 6.43 Å². The van der Waals surface area contributed by atoms with Gasteiger partial charge in [-0.3, -0.25) is 0 Å². The molecule has 0 saturated carbocycles. The summed E-state index contributed by atoms with van der Waals surface area (Å²) >= 11 is 0. The second-order valence-electron chi connectivity index (χ2n) is 4.66. The zero-order chi connectivity index (χ0) is 14.4. The number of anilines is 2. The van der Waals surface area contributed by atoms with Gasteiger partial charge >= 0.3 is 0 Å². The second-order valence-corrected chi connectivity index (χ2v) is 4.66. The Bertz CT molecular complexity index is 541. The topological polar surface area (TPSA) is 38.0 Å². The van der Waals surface area contributed by atoms with Crippen LogP contribution in [0.2, 0.25) is 0 Å². The molecular weight excluding hydrogens is 258 g/mol. The highest BCUT2D eigenvalue weighted by atomic mass is 19.3. The van der Waals surface area contributed by atoms with E-state index in [1.165, 1.54) is 11.6 Å². The molecule has 0 radical (unpaired) electrons. The molecule has 2 aromatic carbocycles. The van der Waals surface area contributed by atoms with Crippen molar-refractivity contribution in [2.75, 3.05) is 17.6 Å². The Morgan fingerprint density at radius 2 is 1.80 bits per heavy atom. The van der Waals surface area contributed by atoms with Gasteiger partial charge in [-0.1, -0.05) is 30.3 Å². The summed E-state index contributed by atoms with van der Waals surface area (Å²) in [5, 5.41) is 3.06. The van der Waals surface area contributed by atoms with Crippen LogP contribution < -0.4 is 11.1 Å². The summed E-state index contributed by atoms with van der Waals surface area (Å²) in [4.78, 5) is 0. The number of alkyl halides is 2. The van der Waals surface area contributed by atoms with Crippen LogP contribution in [0.25, 0.3) is 0 Å². The SMILES string of the molecule is Nc1ccc(NCCCc2ccccc2)c(C(F)F)c1. The van der Waals surface area contributed by atoms with E-state index >= 15 is 0 Å². The van der Waals surface area contributed by atoms with Crippen LogP contribution in [0.3, 0.4) is 0 Å². The zero-order valence-electron chi connectivity index (χ0n) is 11.2. The minimum absolute atomic E-state index is 0.0373. The summed E-state index contributed by atoms with van der Waals surface area (Å²) in [6, 6.07) is 14.7. The van der Waals surface area contributed by atoms with Crippen molar-refractivity contribution in [1.82, 2.24) is 0 Å². The number of hydrogen-bond donors (Lipinski definition) is 2. The third-order valence-corrected chi connectivity index (χ3v) is 3.11. The highest BCUT2D eigenvalue weighted by molar-refractivity contribution is 5.58. The van der Waals surface area contributed by atoms with Crippen LogP contribution in [0.5, 0.6) is 0 Å². The predicted molar refractivity (Wildman–Crippen MR) is 79.1 cm³/mol. The molecule has 0 atom stereocenters. The van der Waals surface area contributed by atoms with Crippen LogP contribution in [0.4, 0.5) is 20.2 Å². The molecule has 0 aliphatic rings.